The summed E-state index contributed by atoms with van der Waals surface area (Å²) >= 11 is 3.07. The highest BCUT2D eigenvalue weighted by Crippen LogP contribution is 2.27. The number of aromatic nitrogens is 3. The van der Waals surface area contributed by atoms with E-state index in [1.54, 1.807) is 15.9 Å². The Bertz CT molecular complexity index is 995. The van der Waals surface area contributed by atoms with Gasteiger partial charge in [0.2, 0.25) is 5.91 Å². The Balaban J connectivity index is 1.53. The molecule has 122 valence electrons. The monoisotopic (exact) mass is 358 g/mol. The highest BCUT2D eigenvalue weighted by molar-refractivity contribution is 7.99. The van der Waals surface area contributed by atoms with Gasteiger partial charge >= 0.3 is 0 Å². The Morgan fingerprint density at radius 2 is 2.25 bits per heavy atom. The summed E-state index contributed by atoms with van der Waals surface area (Å²) in [5.74, 6) is 0.257. The predicted octanol–water partition coefficient (Wildman–Crippen LogP) is 2.52. The number of thiazole rings is 1. The van der Waals surface area contributed by atoms with Crippen molar-refractivity contribution in [2.75, 3.05) is 11.1 Å². The van der Waals surface area contributed by atoms with Gasteiger partial charge in [0.05, 0.1) is 21.1 Å². The lowest BCUT2D eigenvalue weighted by molar-refractivity contribution is -0.119. The third-order valence-corrected chi connectivity index (χ3v) is 5.95. The molecule has 1 unspecified atom stereocenters. The minimum Gasteiger partial charge on any atom is -0.326 e. The van der Waals surface area contributed by atoms with Crippen LogP contribution in [0.1, 0.15) is 5.01 Å². The molecule has 0 spiro atoms. The summed E-state index contributed by atoms with van der Waals surface area (Å²) in [5, 5.41) is 4.61. The van der Waals surface area contributed by atoms with Crippen LogP contribution in [0.5, 0.6) is 0 Å². The second kappa shape index (κ2) is 6.03. The number of fused-ring (bicyclic) bond motifs is 2. The van der Waals surface area contributed by atoms with Crippen molar-refractivity contribution < 1.29 is 4.79 Å². The van der Waals surface area contributed by atoms with Gasteiger partial charge in [-0.05, 0) is 25.1 Å². The van der Waals surface area contributed by atoms with E-state index in [2.05, 4.69) is 15.3 Å². The number of hydrogen-bond acceptors (Lipinski definition) is 6. The summed E-state index contributed by atoms with van der Waals surface area (Å²) in [6.07, 6.45) is 1.51. The van der Waals surface area contributed by atoms with Crippen LogP contribution >= 0.6 is 23.1 Å². The van der Waals surface area contributed by atoms with Crippen molar-refractivity contribution in [2.45, 2.75) is 18.6 Å². The van der Waals surface area contributed by atoms with Gasteiger partial charge in [0.15, 0.2) is 5.16 Å². The largest absolute Gasteiger partial charge is 0.326 e. The molecular weight excluding hydrogens is 344 g/mol. The van der Waals surface area contributed by atoms with Gasteiger partial charge in [-0.3, -0.25) is 14.2 Å². The summed E-state index contributed by atoms with van der Waals surface area (Å²) in [6.45, 7) is 2.32. The van der Waals surface area contributed by atoms with Crippen LogP contribution in [0.4, 0.5) is 5.69 Å². The van der Waals surface area contributed by atoms with E-state index < -0.39 is 0 Å². The molecule has 0 bridgehead atoms. The molecule has 8 heteroatoms. The van der Waals surface area contributed by atoms with Crippen LogP contribution in [0.3, 0.4) is 0 Å². The van der Waals surface area contributed by atoms with E-state index >= 15 is 0 Å². The number of thioether (sulfide) groups is 1. The highest BCUT2D eigenvalue weighted by atomic mass is 32.2. The molecular formula is C16H14N4O2S2. The van der Waals surface area contributed by atoms with Gasteiger partial charge in [-0.25, -0.2) is 9.97 Å². The maximum absolute atomic E-state index is 12.6. The fraction of sp³-hybridized carbons (Fsp3) is 0.250. The number of nitrogens with one attached hydrogen (secondary N) is 1. The fourth-order valence-corrected chi connectivity index (χ4v) is 4.54. The number of anilines is 1. The molecule has 0 saturated heterocycles. The first-order valence-corrected chi connectivity index (χ1v) is 9.27. The quantitative estimate of drug-likeness (QED) is 0.712. The SMILES string of the molecule is Cc1nc2cc(NC(=O)C3CSc4nccc(=O)n4C3)ccc2s1. The van der Waals surface area contributed by atoms with Gasteiger partial charge < -0.3 is 5.32 Å². The minimum absolute atomic E-state index is 0.0878. The molecule has 1 aliphatic heterocycles. The zero-order valence-electron chi connectivity index (χ0n) is 12.9. The summed E-state index contributed by atoms with van der Waals surface area (Å²) in [5.41, 5.74) is 1.50. The second-order valence-corrected chi connectivity index (χ2v) is 7.81. The Morgan fingerprint density at radius 1 is 1.38 bits per heavy atom. The maximum atomic E-state index is 12.6. The minimum atomic E-state index is -0.266. The van der Waals surface area contributed by atoms with E-state index in [1.165, 1.54) is 24.0 Å². The summed E-state index contributed by atoms with van der Waals surface area (Å²) in [4.78, 5) is 33.1. The number of benzene rings is 1. The van der Waals surface area contributed by atoms with Gasteiger partial charge in [0.1, 0.15) is 0 Å². The number of carbonyl (C=O) groups excluding carboxylic acids is 1. The van der Waals surface area contributed by atoms with Crippen molar-refractivity contribution in [3.05, 3.63) is 45.8 Å². The lowest BCUT2D eigenvalue weighted by atomic mass is 10.1. The Morgan fingerprint density at radius 3 is 3.12 bits per heavy atom. The summed E-state index contributed by atoms with van der Waals surface area (Å²) < 4.78 is 2.66. The Labute approximate surface area is 145 Å². The first kappa shape index (κ1) is 15.3. The number of amides is 1. The van der Waals surface area contributed by atoms with Crippen LogP contribution in [0, 0.1) is 12.8 Å². The topological polar surface area (TPSA) is 76.9 Å². The van der Waals surface area contributed by atoms with Gasteiger partial charge in [0.25, 0.3) is 5.56 Å². The first-order valence-electron chi connectivity index (χ1n) is 7.47. The number of hydrogen-bond donors (Lipinski definition) is 1. The second-order valence-electron chi connectivity index (χ2n) is 5.59. The third-order valence-electron chi connectivity index (χ3n) is 3.85. The van der Waals surface area contributed by atoms with Crippen molar-refractivity contribution >= 4 is 44.9 Å². The van der Waals surface area contributed by atoms with Crippen molar-refractivity contribution in [1.29, 1.82) is 0 Å². The fourth-order valence-electron chi connectivity index (χ4n) is 2.67. The van der Waals surface area contributed by atoms with Crippen LogP contribution in [0.2, 0.25) is 0 Å². The van der Waals surface area contributed by atoms with Crippen LogP contribution in [-0.4, -0.2) is 26.2 Å². The maximum Gasteiger partial charge on any atom is 0.254 e. The molecule has 1 aromatic carbocycles. The van der Waals surface area contributed by atoms with Crippen LogP contribution in [0.25, 0.3) is 10.2 Å². The molecule has 24 heavy (non-hydrogen) atoms. The molecule has 0 saturated carbocycles. The number of nitrogens with zero attached hydrogens (tertiary/aromatic N) is 3. The molecule has 1 atom stereocenters. The molecule has 3 heterocycles. The van der Waals surface area contributed by atoms with E-state index in [9.17, 15) is 9.59 Å². The smallest absolute Gasteiger partial charge is 0.254 e. The van der Waals surface area contributed by atoms with Crippen molar-refractivity contribution in [2.24, 2.45) is 5.92 Å². The summed E-state index contributed by atoms with van der Waals surface area (Å²) in [7, 11) is 0. The molecule has 2 aromatic heterocycles. The molecule has 0 aliphatic carbocycles. The summed E-state index contributed by atoms with van der Waals surface area (Å²) in [6, 6.07) is 7.15. The van der Waals surface area contributed by atoms with E-state index in [0.717, 1.165) is 20.9 Å². The van der Waals surface area contributed by atoms with E-state index in [-0.39, 0.29) is 17.4 Å². The van der Waals surface area contributed by atoms with E-state index in [4.69, 9.17) is 0 Å². The normalized spacial score (nSPS) is 16.8. The average molecular weight is 358 g/mol. The lowest BCUT2D eigenvalue weighted by Gasteiger charge is -2.23. The van der Waals surface area contributed by atoms with E-state index in [0.29, 0.717) is 17.5 Å². The average Bonchev–Trinajstić information content (AvgIpc) is 2.94. The van der Waals surface area contributed by atoms with Crippen LogP contribution < -0.4 is 10.9 Å². The number of aryl methyl sites for hydroxylation is 1. The first-order chi connectivity index (χ1) is 11.6. The zero-order valence-corrected chi connectivity index (χ0v) is 14.5. The zero-order chi connectivity index (χ0) is 16.7. The molecule has 0 fully saturated rings. The number of carbonyl (C=O) groups is 1. The molecule has 1 N–H and O–H groups in total. The Hall–Kier alpha value is -2.19. The van der Waals surface area contributed by atoms with Gasteiger partial charge in [-0.1, -0.05) is 11.8 Å². The molecule has 1 aliphatic rings. The molecule has 4 rings (SSSR count). The highest BCUT2D eigenvalue weighted by Gasteiger charge is 2.26. The third kappa shape index (κ3) is 2.83. The molecule has 6 nitrogen and oxygen atoms in total. The van der Waals surface area contributed by atoms with Crippen molar-refractivity contribution in [3.63, 3.8) is 0 Å². The number of rotatable bonds is 2. The standard InChI is InChI=1S/C16H14N4O2S2/c1-9-18-12-6-11(2-3-13(12)24-9)19-15(22)10-7-20-14(21)4-5-17-16(20)23-8-10/h2-6,10H,7-8H2,1H3,(H,19,22). The lowest BCUT2D eigenvalue weighted by Crippen LogP contribution is -2.36. The van der Waals surface area contributed by atoms with Crippen LogP contribution in [-0.2, 0) is 11.3 Å². The van der Waals surface area contributed by atoms with Crippen molar-refractivity contribution in [3.8, 4) is 0 Å². The predicted molar refractivity (Wildman–Crippen MR) is 95.7 cm³/mol. The van der Waals surface area contributed by atoms with Gasteiger partial charge in [-0.2, -0.15) is 0 Å². The molecule has 0 radical (unpaired) electrons. The van der Waals surface area contributed by atoms with Gasteiger partial charge in [0, 0.05) is 30.2 Å². The molecule has 3 aromatic rings. The Kier molecular flexibility index (Phi) is 3.85. The van der Waals surface area contributed by atoms with Gasteiger partial charge in [-0.15, -0.1) is 11.3 Å². The van der Waals surface area contributed by atoms with E-state index in [1.807, 2.05) is 25.1 Å². The van der Waals surface area contributed by atoms with Crippen molar-refractivity contribution in [1.82, 2.24) is 14.5 Å². The van der Waals surface area contributed by atoms with Crippen LogP contribution in [0.15, 0.2) is 40.4 Å². The molecule has 1 amide bonds.